The standard InChI is InChI=1S/C19H22N4.HI/c1-3-21-19(22-13-16-9-7-15(2)8-10-16)23-14-18-6-4-5-17(11-18)12-20;/h4-11H,3,13-14H2,1-2H3,(H2,21,22,23);1H. The number of guanidine groups is 1. The van der Waals surface area contributed by atoms with E-state index < -0.39 is 0 Å². The van der Waals surface area contributed by atoms with Crippen LogP contribution in [0.1, 0.15) is 29.2 Å². The first-order chi connectivity index (χ1) is 11.2. The van der Waals surface area contributed by atoms with Crippen molar-refractivity contribution in [1.82, 2.24) is 10.6 Å². The second-order valence-corrected chi connectivity index (χ2v) is 5.35. The molecule has 0 heterocycles. The number of nitrogens with one attached hydrogen (secondary N) is 2. The molecule has 0 saturated carbocycles. The SMILES string of the molecule is CCNC(=NCc1cccc(C#N)c1)NCc1ccc(C)cc1.I. The fraction of sp³-hybridized carbons (Fsp3) is 0.263. The molecule has 2 N–H and O–H groups in total. The zero-order valence-corrected chi connectivity index (χ0v) is 16.4. The minimum atomic E-state index is 0. The van der Waals surface area contributed by atoms with E-state index >= 15 is 0 Å². The Morgan fingerprint density at radius 2 is 1.83 bits per heavy atom. The number of benzene rings is 2. The first-order valence-corrected chi connectivity index (χ1v) is 7.78. The second kappa shape index (κ2) is 10.7. The Balaban J connectivity index is 0.00000288. The lowest BCUT2D eigenvalue weighted by atomic mass is 10.1. The molecule has 5 heteroatoms. The van der Waals surface area contributed by atoms with Crippen molar-refractivity contribution in [2.45, 2.75) is 26.9 Å². The van der Waals surface area contributed by atoms with Gasteiger partial charge < -0.3 is 10.6 Å². The number of aliphatic imine (C=N–C) groups is 1. The summed E-state index contributed by atoms with van der Waals surface area (Å²) in [6.45, 7) is 6.19. The van der Waals surface area contributed by atoms with Gasteiger partial charge in [-0.05, 0) is 37.1 Å². The molecule has 24 heavy (non-hydrogen) atoms. The molecule has 0 aromatic heterocycles. The van der Waals surface area contributed by atoms with Gasteiger partial charge in [0.25, 0.3) is 0 Å². The van der Waals surface area contributed by atoms with Crippen LogP contribution in [0, 0.1) is 18.3 Å². The van der Waals surface area contributed by atoms with E-state index in [1.54, 1.807) is 6.07 Å². The zero-order chi connectivity index (χ0) is 16.5. The van der Waals surface area contributed by atoms with E-state index in [0.29, 0.717) is 12.1 Å². The van der Waals surface area contributed by atoms with Crippen LogP contribution in [0.15, 0.2) is 53.5 Å². The third-order valence-corrected chi connectivity index (χ3v) is 3.40. The van der Waals surface area contributed by atoms with Crippen LogP contribution in [0.4, 0.5) is 0 Å². The van der Waals surface area contributed by atoms with Crippen molar-refractivity contribution in [3.8, 4) is 6.07 Å². The maximum absolute atomic E-state index is 8.94. The fourth-order valence-corrected chi connectivity index (χ4v) is 2.14. The molecular formula is C19H23IN4. The molecule has 0 fully saturated rings. The summed E-state index contributed by atoms with van der Waals surface area (Å²) in [4.78, 5) is 4.58. The lowest BCUT2D eigenvalue weighted by Gasteiger charge is -2.11. The van der Waals surface area contributed by atoms with Crippen LogP contribution in [0.25, 0.3) is 0 Å². The molecule has 2 aromatic carbocycles. The average Bonchev–Trinajstić information content (AvgIpc) is 2.59. The number of rotatable bonds is 5. The molecule has 0 atom stereocenters. The van der Waals surface area contributed by atoms with Gasteiger partial charge in [-0.1, -0.05) is 42.0 Å². The normalized spacial score (nSPS) is 10.5. The Labute approximate surface area is 161 Å². The molecule has 0 aliphatic carbocycles. The maximum atomic E-state index is 8.94. The highest BCUT2D eigenvalue weighted by Gasteiger charge is 1.99. The molecule has 0 bridgehead atoms. The molecule has 0 amide bonds. The van der Waals surface area contributed by atoms with Gasteiger partial charge in [0, 0.05) is 13.1 Å². The molecule has 0 saturated heterocycles. The second-order valence-electron chi connectivity index (χ2n) is 5.35. The Bertz CT molecular complexity index is 702. The van der Waals surface area contributed by atoms with Gasteiger partial charge in [0.05, 0.1) is 18.2 Å². The predicted octanol–water partition coefficient (Wildman–Crippen LogP) is 3.74. The van der Waals surface area contributed by atoms with Crippen LogP contribution in [-0.4, -0.2) is 12.5 Å². The van der Waals surface area contributed by atoms with Gasteiger partial charge in [-0.15, -0.1) is 24.0 Å². The van der Waals surface area contributed by atoms with Crippen molar-refractivity contribution in [2.24, 2.45) is 4.99 Å². The molecule has 0 aliphatic rings. The van der Waals surface area contributed by atoms with Gasteiger partial charge >= 0.3 is 0 Å². The highest BCUT2D eigenvalue weighted by atomic mass is 127. The largest absolute Gasteiger partial charge is 0.357 e. The van der Waals surface area contributed by atoms with Crippen LogP contribution in [0.3, 0.4) is 0 Å². The van der Waals surface area contributed by atoms with Gasteiger partial charge in [-0.25, -0.2) is 4.99 Å². The smallest absolute Gasteiger partial charge is 0.191 e. The third kappa shape index (κ3) is 6.59. The first kappa shape index (κ1) is 20.0. The third-order valence-electron chi connectivity index (χ3n) is 3.40. The minimum absolute atomic E-state index is 0. The number of nitriles is 1. The van der Waals surface area contributed by atoms with Crippen molar-refractivity contribution in [3.05, 3.63) is 70.8 Å². The summed E-state index contributed by atoms with van der Waals surface area (Å²) in [5.74, 6) is 0.774. The van der Waals surface area contributed by atoms with Crippen LogP contribution < -0.4 is 10.6 Å². The van der Waals surface area contributed by atoms with E-state index in [1.165, 1.54) is 11.1 Å². The summed E-state index contributed by atoms with van der Waals surface area (Å²) in [6.07, 6.45) is 0. The van der Waals surface area contributed by atoms with E-state index in [4.69, 9.17) is 5.26 Å². The summed E-state index contributed by atoms with van der Waals surface area (Å²) in [7, 11) is 0. The molecule has 2 rings (SSSR count). The average molecular weight is 434 g/mol. The van der Waals surface area contributed by atoms with Crippen molar-refractivity contribution in [3.63, 3.8) is 0 Å². The summed E-state index contributed by atoms with van der Waals surface area (Å²) < 4.78 is 0. The number of nitrogens with zero attached hydrogens (tertiary/aromatic N) is 2. The molecule has 0 spiro atoms. The van der Waals surface area contributed by atoms with Crippen LogP contribution in [-0.2, 0) is 13.1 Å². The van der Waals surface area contributed by atoms with E-state index in [1.807, 2.05) is 25.1 Å². The Kier molecular flexibility index (Phi) is 8.87. The lowest BCUT2D eigenvalue weighted by Crippen LogP contribution is -2.36. The molecule has 0 unspecified atom stereocenters. The summed E-state index contributed by atoms with van der Waals surface area (Å²) in [6, 6.07) is 18.1. The van der Waals surface area contributed by atoms with Crippen LogP contribution in [0.5, 0.6) is 0 Å². The van der Waals surface area contributed by atoms with Crippen molar-refractivity contribution >= 4 is 29.9 Å². The number of hydrogen-bond acceptors (Lipinski definition) is 2. The van der Waals surface area contributed by atoms with E-state index in [-0.39, 0.29) is 24.0 Å². The molecular weight excluding hydrogens is 411 g/mol. The van der Waals surface area contributed by atoms with E-state index in [2.05, 4.69) is 52.9 Å². The van der Waals surface area contributed by atoms with Gasteiger partial charge in [0.15, 0.2) is 5.96 Å². The molecule has 0 radical (unpaired) electrons. The molecule has 126 valence electrons. The van der Waals surface area contributed by atoms with E-state index in [0.717, 1.165) is 24.6 Å². The van der Waals surface area contributed by atoms with Crippen LogP contribution in [0.2, 0.25) is 0 Å². The lowest BCUT2D eigenvalue weighted by molar-refractivity contribution is 0.816. The van der Waals surface area contributed by atoms with Crippen LogP contribution >= 0.6 is 24.0 Å². The quantitative estimate of drug-likeness (QED) is 0.428. The highest BCUT2D eigenvalue weighted by Crippen LogP contribution is 2.06. The maximum Gasteiger partial charge on any atom is 0.191 e. The topological polar surface area (TPSA) is 60.2 Å². The zero-order valence-electron chi connectivity index (χ0n) is 14.0. The summed E-state index contributed by atoms with van der Waals surface area (Å²) in [5.41, 5.74) is 4.16. The Hall–Kier alpha value is -2.07. The molecule has 2 aromatic rings. The minimum Gasteiger partial charge on any atom is -0.357 e. The van der Waals surface area contributed by atoms with Crippen molar-refractivity contribution < 1.29 is 0 Å². The van der Waals surface area contributed by atoms with Gasteiger partial charge in [-0.3, -0.25) is 0 Å². The monoisotopic (exact) mass is 434 g/mol. The number of halogens is 1. The first-order valence-electron chi connectivity index (χ1n) is 7.78. The van der Waals surface area contributed by atoms with Gasteiger partial charge in [0.2, 0.25) is 0 Å². The molecule has 0 aliphatic heterocycles. The Morgan fingerprint density at radius 1 is 1.08 bits per heavy atom. The fourth-order valence-electron chi connectivity index (χ4n) is 2.14. The number of hydrogen-bond donors (Lipinski definition) is 2. The Morgan fingerprint density at radius 3 is 2.50 bits per heavy atom. The number of aryl methyl sites for hydroxylation is 1. The van der Waals surface area contributed by atoms with Crippen molar-refractivity contribution in [2.75, 3.05) is 6.54 Å². The van der Waals surface area contributed by atoms with Crippen molar-refractivity contribution in [1.29, 1.82) is 5.26 Å². The summed E-state index contributed by atoms with van der Waals surface area (Å²) in [5, 5.41) is 15.5. The van der Waals surface area contributed by atoms with E-state index in [9.17, 15) is 0 Å². The highest BCUT2D eigenvalue weighted by molar-refractivity contribution is 14.0. The molecule has 4 nitrogen and oxygen atoms in total. The van der Waals surface area contributed by atoms with Gasteiger partial charge in [-0.2, -0.15) is 5.26 Å². The summed E-state index contributed by atoms with van der Waals surface area (Å²) >= 11 is 0. The van der Waals surface area contributed by atoms with Gasteiger partial charge in [0.1, 0.15) is 0 Å². The predicted molar refractivity (Wildman–Crippen MR) is 109 cm³/mol.